The molecule has 0 saturated heterocycles. The summed E-state index contributed by atoms with van der Waals surface area (Å²) in [6, 6.07) is 64.2. The summed E-state index contributed by atoms with van der Waals surface area (Å²) in [5.41, 5.74) is 9.67. The van der Waals surface area contributed by atoms with E-state index in [2.05, 4.69) is 123 Å². The molecule has 0 bridgehead atoms. The summed E-state index contributed by atoms with van der Waals surface area (Å²) >= 11 is 0. The van der Waals surface area contributed by atoms with Crippen LogP contribution < -0.4 is 37.9 Å². The van der Waals surface area contributed by atoms with Gasteiger partial charge in [0.2, 0.25) is 0 Å². The highest BCUT2D eigenvalue weighted by molar-refractivity contribution is 5.71. The van der Waals surface area contributed by atoms with Crippen LogP contribution in [0.25, 0.3) is 0 Å². The Morgan fingerprint density at radius 2 is 0.596 bits per heavy atom. The molecular weight excluding hydrogens is 1180 g/mol. The van der Waals surface area contributed by atoms with Gasteiger partial charge in [-0.1, -0.05) is 179 Å². The molecule has 94 heavy (non-hydrogen) atoms. The summed E-state index contributed by atoms with van der Waals surface area (Å²) in [6.07, 6.45) is 6.75. The van der Waals surface area contributed by atoms with E-state index in [-0.39, 0.29) is 40.6 Å². The summed E-state index contributed by atoms with van der Waals surface area (Å²) in [5.74, 6) is 6.74. The fraction of sp³-hybridized carbons (Fsp3) is 0.366. The summed E-state index contributed by atoms with van der Waals surface area (Å²) in [6.45, 7) is 25.7. The van der Waals surface area contributed by atoms with Gasteiger partial charge in [0.25, 0.3) is 0 Å². The number of methoxy groups -OCH3 is 4. The molecule has 5 unspecified atom stereocenters. The third kappa shape index (κ3) is 22.6. The maximum atomic E-state index is 11.2. The molecule has 5 atom stereocenters. The quantitative estimate of drug-likeness (QED) is 0.0397. The second-order valence-electron chi connectivity index (χ2n) is 24.7. The van der Waals surface area contributed by atoms with Crippen LogP contribution in [0.1, 0.15) is 185 Å². The number of rotatable bonds is 25. The number of hydrogen-bond donors (Lipinski definition) is 0. The number of hydrogen-bond acceptors (Lipinski definition) is 12. The standard InChI is InChI=1S/C23H30O3.C21H26O3.2C19H22O3/c1-5-7-8-18(6-2)23(19-9-13-21(25-4)14-10-19)20-11-15-22(16-12-20)26-17(3)24;1-15(2)14-21(4,17-6-10-19(23-5)11-7-17)18-8-12-20(13-9-18)24-16(3)22;1-13(2)19(15-5-9-17(21-4)10-6-15)16-7-11-18(12-8-16)22-14(3)20;1-5-19(3,15-6-10-17(21-4)11-7-15)16-8-12-18(13-9-16)22-14(2)20/h9-16,18,23H,5-8H2,1-4H3;6-13,15H,14H2,1-5H3;5-13,19H,1-4H3;6-13H,5H2,1-4H3. The molecule has 8 rings (SSSR count). The Morgan fingerprint density at radius 1 is 0.351 bits per heavy atom. The lowest BCUT2D eigenvalue weighted by Gasteiger charge is -2.33. The largest absolute Gasteiger partial charge is 0.497 e. The highest BCUT2D eigenvalue weighted by Crippen LogP contribution is 2.42. The number of carbonyl (C=O) groups excluding carboxylic acids is 4. The van der Waals surface area contributed by atoms with E-state index in [1.54, 1.807) is 28.4 Å². The van der Waals surface area contributed by atoms with E-state index in [1.165, 1.54) is 91.5 Å². The van der Waals surface area contributed by atoms with E-state index in [4.69, 9.17) is 37.9 Å². The van der Waals surface area contributed by atoms with Gasteiger partial charge in [0.15, 0.2) is 0 Å². The van der Waals surface area contributed by atoms with Crippen LogP contribution in [0.4, 0.5) is 0 Å². The Kier molecular flexibility index (Phi) is 30.2. The molecule has 0 N–H and O–H groups in total. The lowest BCUT2D eigenvalue weighted by molar-refractivity contribution is -0.132. The first-order valence-electron chi connectivity index (χ1n) is 32.7. The van der Waals surface area contributed by atoms with Crippen LogP contribution in [0.3, 0.4) is 0 Å². The minimum Gasteiger partial charge on any atom is -0.497 e. The minimum atomic E-state index is -0.304. The van der Waals surface area contributed by atoms with E-state index in [9.17, 15) is 19.2 Å². The molecule has 0 aliphatic rings. The zero-order valence-corrected chi connectivity index (χ0v) is 58.5. The number of carbonyl (C=O) groups is 4. The topological polar surface area (TPSA) is 142 Å². The molecule has 500 valence electrons. The third-order valence-corrected chi connectivity index (χ3v) is 17.0. The highest BCUT2D eigenvalue weighted by Gasteiger charge is 2.31. The zero-order chi connectivity index (χ0) is 69.0. The lowest BCUT2D eigenvalue weighted by atomic mass is 9.71. The Balaban J connectivity index is 0.000000228. The summed E-state index contributed by atoms with van der Waals surface area (Å²) in [7, 11) is 6.71. The van der Waals surface area contributed by atoms with Gasteiger partial charge in [0, 0.05) is 50.4 Å². The van der Waals surface area contributed by atoms with Crippen molar-refractivity contribution < 1.29 is 57.1 Å². The van der Waals surface area contributed by atoms with Crippen molar-refractivity contribution in [2.24, 2.45) is 17.8 Å². The van der Waals surface area contributed by atoms with E-state index in [0.717, 1.165) is 42.3 Å². The fourth-order valence-corrected chi connectivity index (χ4v) is 12.0. The first-order valence-corrected chi connectivity index (χ1v) is 32.7. The molecule has 8 aromatic rings. The van der Waals surface area contributed by atoms with Crippen LogP contribution >= 0.6 is 0 Å². The third-order valence-electron chi connectivity index (χ3n) is 17.0. The zero-order valence-electron chi connectivity index (χ0n) is 58.5. The number of unbranched alkanes of at least 4 members (excludes halogenated alkanes) is 1. The molecule has 0 amide bonds. The van der Waals surface area contributed by atoms with Crippen LogP contribution in [-0.2, 0) is 30.0 Å². The maximum Gasteiger partial charge on any atom is 0.308 e. The van der Waals surface area contributed by atoms with Gasteiger partial charge in [-0.3, -0.25) is 19.2 Å². The average molecular weight is 1280 g/mol. The molecule has 0 spiro atoms. The molecule has 0 aliphatic heterocycles. The molecule has 0 heterocycles. The predicted octanol–water partition coefficient (Wildman–Crippen LogP) is 19.7. The van der Waals surface area contributed by atoms with Crippen molar-refractivity contribution in [1.29, 1.82) is 0 Å². The Bertz CT molecular complexity index is 3540. The van der Waals surface area contributed by atoms with Gasteiger partial charge in [-0.25, -0.2) is 0 Å². The molecule has 0 fully saturated rings. The number of ether oxygens (including phenoxy) is 8. The predicted molar refractivity (Wildman–Crippen MR) is 377 cm³/mol. The summed E-state index contributed by atoms with van der Waals surface area (Å²) < 4.78 is 41.5. The first-order chi connectivity index (χ1) is 44.9. The number of esters is 4. The van der Waals surface area contributed by atoms with Crippen molar-refractivity contribution in [3.8, 4) is 46.0 Å². The second kappa shape index (κ2) is 37.5. The van der Waals surface area contributed by atoms with Crippen LogP contribution in [0.5, 0.6) is 46.0 Å². The van der Waals surface area contributed by atoms with Gasteiger partial charge >= 0.3 is 23.9 Å². The van der Waals surface area contributed by atoms with Crippen molar-refractivity contribution >= 4 is 23.9 Å². The van der Waals surface area contributed by atoms with Gasteiger partial charge in [0.1, 0.15) is 46.0 Å². The molecule has 0 aliphatic carbocycles. The SMILES string of the molecule is CCC(C)(c1ccc(OC)cc1)c1ccc(OC(C)=O)cc1.CCCCC(CC)C(c1ccc(OC)cc1)c1ccc(OC(C)=O)cc1.COc1ccc(C(C)(CC(C)C)c2ccc(OC(C)=O)cc2)cc1.COc1ccc(C(c2ccc(OC(C)=O)cc2)C(C)C)cc1. The van der Waals surface area contributed by atoms with E-state index < -0.39 is 0 Å². The van der Waals surface area contributed by atoms with Crippen LogP contribution in [-0.4, -0.2) is 52.3 Å². The van der Waals surface area contributed by atoms with Crippen LogP contribution in [0, 0.1) is 17.8 Å². The lowest BCUT2D eigenvalue weighted by Crippen LogP contribution is -2.25. The molecule has 0 saturated carbocycles. The smallest absolute Gasteiger partial charge is 0.308 e. The van der Waals surface area contributed by atoms with Gasteiger partial charge < -0.3 is 37.9 Å². The maximum absolute atomic E-state index is 11.2. The van der Waals surface area contributed by atoms with Gasteiger partial charge in [0.05, 0.1) is 28.4 Å². The molecule has 0 aromatic heterocycles. The Morgan fingerprint density at radius 3 is 0.819 bits per heavy atom. The molecule has 12 nitrogen and oxygen atoms in total. The second-order valence-corrected chi connectivity index (χ2v) is 24.7. The van der Waals surface area contributed by atoms with Crippen molar-refractivity contribution in [2.45, 2.75) is 151 Å². The molecule has 12 heteroatoms. The minimum absolute atomic E-state index is 0.0962. The van der Waals surface area contributed by atoms with Crippen LogP contribution in [0.15, 0.2) is 194 Å². The molecular formula is C82H100O12. The van der Waals surface area contributed by atoms with Crippen molar-refractivity contribution in [2.75, 3.05) is 28.4 Å². The van der Waals surface area contributed by atoms with E-state index >= 15 is 0 Å². The summed E-state index contributed by atoms with van der Waals surface area (Å²) in [4.78, 5) is 44.2. The molecule has 0 radical (unpaired) electrons. The van der Waals surface area contributed by atoms with Crippen molar-refractivity contribution in [3.05, 3.63) is 239 Å². The van der Waals surface area contributed by atoms with E-state index in [1.807, 2.05) is 133 Å². The van der Waals surface area contributed by atoms with Gasteiger partial charge in [-0.15, -0.1) is 0 Å². The van der Waals surface area contributed by atoms with E-state index in [0.29, 0.717) is 46.7 Å². The summed E-state index contributed by atoms with van der Waals surface area (Å²) in [5, 5.41) is 0. The monoisotopic (exact) mass is 1280 g/mol. The Labute approximate surface area is 560 Å². The fourth-order valence-electron chi connectivity index (χ4n) is 12.0. The van der Waals surface area contributed by atoms with Crippen molar-refractivity contribution in [3.63, 3.8) is 0 Å². The van der Waals surface area contributed by atoms with Gasteiger partial charge in [-0.2, -0.15) is 0 Å². The first kappa shape index (κ1) is 75.6. The Hall–Kier alpha value is -9.16. The number of benzene rings is 8. The van der Waals surface area contributed by atoms with Crippen molar-refractivity contribution in [1.82, 2.24) is 0 Å². The average Bonchev–Trinajstić information content (AvgIpc) is 0.814. The van der Waals surface area contributed by atoms with Gasteiger partial charge in [-0.05, 0) is 179 Å². The normalized spacial score (nSPS) is 13.0. The highest BCUT2D eigenvalue weighted by atomic mass is 16.5. The van der Waals surface area contributed by atoms with Crippen LogP contribution in [0.2, 0.25) is 0 Å². The molecule has 8 aromatic carbocycles.